The van der Waals surface area contributed by atoms with Crippen molar-refractivity contribution in [3.63, 3.8) is 0 Å². The summed E-state index contributed by atoms with van der Waals surface area (Å²) in [5.41, 5.74) is -0.116. The van der Waals surface area contributed by atoms with E-state index < -0.39 is 11.6 Å². The van der Waals surface area contributed by atoms with Gasteiger partial charge in [-0.3, -0.25) is 19.9 Å². The number of para-hydroxylation sites is 1. The Hall–Kier alpha value is -0.850. The zero-order valence-corrected chi connectivity index (χ0v) is 19.5. The van der Waals surface area contributed by atoms with Crippen molar-refractivity contribution in [3.05, 3.63) is 29.8 Å². The molecule has 0 bridgehead atoms. The smallest absolute Gasteiger partial charge is 0.225 e. The minimum absolute atomic E-state index is 0.0321. The van der Waals surface area contributed by atoms with Crippen LogP contribution in [0.5, 0.6) is 5.75 Å². The van der Waals surface area contributed by atoms with Gasteiger partial charge in [-0.05, 0) is 29.9 Å². The fraction of sp³-hybridized carbons (Fsp3) is 0.526. The summed E-state index contributed by atoms with van der Waals surface area (Å²) in [6.07, 6.45) is -0.881. The molecule has 7 nitrogen and oxygen atoms in total. The van der Waals surface area contributed by atoms with E-state index in [1.165, 1.54) is 10.8 Å². The molecule has 0 radical (unpaired) electrons. The van der Waals surface area contributed by atoms with Crippen LogP contribution >= 0.6 is 45.1 Å². The minimum Gasteiger partial charge on any atom is -0.507 e. The number of nitrogens with one attached hydrogen (secondary N) is 2. The summed E-state index contributed by atoms with van der Waals surface area (Å²) in [6.45, 7) is 1.73. The third-order valence-electron chi connectivity index (χ3n) is 5.20. The van der Waals surface area contributed by atoms with E-state index in [-0.39, 0.29) is 40.7 Å². The molecule has 1 aromatic carbocycles. The molecule has 4 rings (SSSR count). The molecule has 11 heteroatoms. The van der Waals surface area contributed by atoms with Gasteiger partial charge in [-0.2, -0.15) is 0 Å². The standard InChI is InChI=1S/C19H23N3O4S4/c1-19(9-29-30-18(19)26)22-15(25)6-14(24)11-7-28-17(20-11)12-8-27-16(21-12)10-4-2-3-5-13(10)23/h2-5,11-12,14,17,20,23-24H,6-9H2,1H3,(H,22,25)/t11-,12+,14-,17?,19+/m0/s1. The average molecular weight is 486 g/mol. The predicted octanol–water partition coefficient (Wildman–Crippen LogP) is 1.83. The van der Waals surface area contributed by atoms with Crippen molar-refractivity contribution in [2.45, 2.75) is 42.4 Å². The molecule has 3 aliphatic rings. The first kappa shape index (κ1) is 22.3. The monoisotopic (exact) mass is 485 g/mol. The number of phenols is 1. The highest BCUT2D eigenvalue weighted by atomic mass is 33.1. The van der Waals surface area contributed by atoms with Gasteiger partial charge in [-0.25, -0.2) is 0 Å². The maximum Gasteiger partial charge on any atom is 0.225 e. The lowest BCUT2D eigenvalue weighted by Gasteiger charge is -2.24. The molecule has 162 valence electrons. The lowest BCUT2D eigenvalue weighted by molar-refractivity contribution is -0.128. The minimum atomic E-state index is -0.859. The number of carbonyl (C=O) groups is 2. The summed E-state index contributed by atoms with van der Waals surface area (Å²) in [4.78, 5) is 29.1. The largest absolute Gasteiger partial charge is 0.507 e. The summed E-state index contributed by atoms with van der Waals surface area (Å²) >= 11 is 3.31. The van der Waals surface area contributed by atoms with Crippen molar-refractivity contribution in [3.8, 4) is 5.75 Å². The molecule has 3 heterocycles. The number of aliphatic imine (C=N–C) groups is 1. The van der Waals surface area contributed by atoms with Gasteiger partial charge in [-0.1, -0.05) is 22.9 Å². The number of thioether (sulfide) groups is 2. The summed E-state index contributed by atoms with van der Waals surface area (Å²) in [7, 11) is 2.59. The SMILES string of the molecule is C[C@@]1(NC(=O)C[C@H](O)[C@@H]2CSC([C@H]3CSC(c4ccccc4O)=N3)N2)CSSC1=O. The highest BCUT2D eigenvalue weighted by molar-refractivity contribution is 8.83. The lowest BCUT2D eigenvalue weighted by Crippen LogP contribution is -2.52. The van der Waals surface area contributed by atoms with Crippen LogP contribution in [0.15, 0.2) is 29.3 Å². The number of phenolic OH excluding ortho intramolecular Hbond substituents is 1. The number of aliphatic hydroxyl groups is 1. The van der Waals surface area contributed by atoms with Crippen molar-refractivity contribution < 1.29 is 19.8 Å². The number of nitrogens with zero attached hydrogens (tertiary/aromatic N) is 1. The normalized spacial score (nSPS) is 32.3. The highest BCUT2D eigenvalue weighted by Crippen LogP contribution is 2.39. The van der Waals surface area contributed by atoms with Gasteiger partial charge in [0.1, 0.15) is 16.3 Å². The number of rotatable bonds is 6. The molecule has 1 unspecified atom stereocenters. The van der Waals surface area contributed by atoms with Crippen LogP contribution in [0.3, 0.4) is 0 Å². The van der Waals surface area contributed by atoms with E-state index in [1.807, 2.05) is 12.1 Å². The van der Waals surface area contributed by atoms with E-state index in [4.69, 9.17) is 4.99 Å². The fourth-order valence-corrected chi connectivity index (χ4v) is 8.83. The number of aromatic hydroxyl groups is 1. The molecule has 0 saturated carbocycles. The van der Waals surface area contributed by atoms with E-state index >= 15 is 0 Å². The molecule has 1 amide bonds. The molecular weight excluding hydrogens is 462 g/mol. The zero-order chi connectivity index (χ0) is 21.3. The second-order valence-corrected chi connectivity index (χ2v) is 12.1. The molecule has 30 heavy (non-hydrogen) atoms. The zero-order valence-electron chi connectivity index (χ0n) is 16.2. The second-order valence-electron chi connectivity index (χ2n) is 7.64. The molecule has 3 aliphatic heterocycles. The Labute approximate surface area is 191 Å². The molecule has 4 N–H and O–H groups in total. The van der Waals surface area contributed by atoms with Crippen molar-refractivity contribution in [1.82, 2.24) is 10.6 Å². The third-order valence-corrected chi connectivity index (χ3v) is 10.2. The van der Waals surface area contributed by atoms with Gasteiger partial charge in [0.05, 0.1) is 23.9 Å². The van der Waals surface area contributed by atoms with Crippen molar-refractivity contribution in [2.24, 2.45) is 4.99 Å². The molecule has 2 fully saturated rings. The van der Waals surface area contributed by atoms with Crippen molar-refractivity contribution >= 4 is 61.2 Å². The Morgan fingerprint density at radius 3 is 2.93 bits per heavy atom. The van der Waals surface area contributed by atoms with Crippen molar-refractivity contribution in [1.29, 1.82) is 0 Å². The van der Waals surface area contributed by atoms with Gasteiger partial charge in [0.2, 0.25) is 11.0 Å². The molecule has 5 atom stereocenters. The van der Waals surface area contributed by atoms with Crippen LogP contribution in [0.25, 0.3) is 0 Å². The van der Waals surface area contributed by atoms with Crippen LogP contribution in [-0.2, 0) is 9.59 Å². The number of aliphatic hydroxyl groups excluding tert-OH is 1. The topological polar surface area (TPSA) is 111 Å². The van der Waals surface area contributed by atoms with Gasteiger partial charge in [0, 0.05) is 28.9 Å². The Kier molecular flexibility index (Phi) is 6.95. The van der Waals surface area contributed by atoms with Crippen LogP contribution in [0.4, 0.5) is 0 Å². The number of carbonyl (C=O) groups excluding carboxylic acids is 2. The predicted molar refractivity (Wildman–Crippen MR) is 126 cm³/mol. The van der Waals surface area contributed by atoms with Gasteiger partial charge in [-0.15, -0.1) is 23.5 Å². The number of hydrogen-bond donors (Lipinski definition) is 4. The number of amides is 1. The van der Waals surface area contributed by atoms with Gasteiger partial charge in [0.25, 0.3) is 0 Å². The van der Waals surface area contributed by atoms with Crippen LogP contribution in [0, 0.1) is 0 Å². The maximum absolute atomic E-state index is 12.4. The Morgan fingerprint density at radius 2 is 2.20 bits per heavy atom. The molecule has 0 spiro atoms. The summed E-state index contributed by atoms with van der Waals surface area (Å²) in [5.74, 6) is 1.93. The van der Waals surface area contributed by atoms with Crippen LogP contribution in [-0.4, -0.2) is 72.6 Å². The Bertz CT molecular complexity index is 870. The van der Waals surface area contributed by atoms with E-state index in [1.54, 1.807) is 42.6 Å². The molecule has 0 aliphatic carbocycles. The molecule has 2 saturated heterocycles. The van der Waals surface area contributed by atoms with Gasteiger partial charge < -0.3 is 15.5 Å². The molecular formula is C19H23N3O4S4. The first-order valence-corrected chi connectivity index (χ1v) is 13.9. The first-order chi connectivity index (χ1) is 14.4. The van der Waals surface area contributed by atoms with Gasteiger partial charge in [0.15, 0.2) is 0 Å². The fourth-order valence-electron chi connectivity index (χ4n) is 3.43. The first-order valence-electron chi connectivity index (χ1n) is 9.55. The number of benzene rings is 1. The molecule has 0 aromatic heterocycles. The molecule has 1 aromatic rings. The second kappa shape index (κ2) is 9.33. The number of hydrogen-bond acceptors (Lipinski definition) is 10. The van der Waals surface area contributed by atoms with E-state index in [2.05, 4.69) is 10.6 Å². The summed E-state index contributed by atoms with van der Waals surface area (Å²) in [6, 6.07) is 7.00. The third kappa shape index (κ3) is 4.81. The summed E-state index contributed by atoms with van der Waals surface area (Å²) < 4.78 is 0. The van der Waals surface area contributed by atoms with Crippen LogP contribution in [0.1, 0.15) is 18.9 Å². The Morgan fingerprint density at radius 1 is 1.40 bits per heavy atom. The average Bonchev–Trinajstić information content (AvgIpc) is 3.43. The van der Waals surface area contributed by atoms with Gasteiger partial charge >= 0.3 is 0 Å². The van der Waals surface area contributed by atoms with E-state index in [0.717, 1.165) is 27.2 Å². The van der Waals surface area contributed by atoms with Crippen LogP contribution < -0.4 is 10.6 Å². The highest BCUT2D eigenvalue weighted by Gasteiger charge is 2.42. The van der Waals surface area contributed by atoms with E-state index in [9.17, 15) is 19.8 Å². The Balaban J connectivity index is 1.30. The quantitative estimate of drug-likeness (QED) is 0.449. The van der Waals surface area contributed by atoms with Crippen LogP contribution in [0.2, 0.25) is 0 Å². The van der Waals surface area contributed by atoms with Crippen molar-refractivity contribution in [2.75, 3.05) is 17.3 Å². The lowest BCUT2D eigenvalue weighted by atomic mass is 10.0. The maximum atomic E-state index is 12.4. The summed E-state index contributed by atoms with van der Waals surface area (Å²) in [5, 5.41) is 27.6. The van der Waals surface area contributed by atoms with E-state index in [0.29, 0.717) is 11.5 Å².